The molecule has 8 heteroatoms. The van der Waals surface area contributed by atoms with E-state index in [2.05, 4.69) is 35.5 Å². The summed E-state index contributed by atoms with van der Waals surface area (Å²) < 4.78 is 4.66. The number of hydrogen-bond donors (Lipinski definition) is 2. The molecule has 0 spiro atoms. The number of nitrogens with one attached hydrogen (secondary N) is 2. The van der Waals surface area contributed by atoms with Gasteiger partial charge in [-0.2, -0.15) is 0 Å². The molecule has 1 fully saturated rings. The van der Waals surface area contributed by atoms with E-state index in [0.29, 0.717) is 34.0 Å². The molecule has 0 bridgehead atoms. The molecule has 0 radical (unpaired) electrons. The van der Waals surface area contributed by atoms with E-state index in [0.717, 1.165) is 18.5 Å². The molecule has 1 aliphatic rings. The van der Waals surface area contributed by atoms with Crippen molar-refractivity contribution in [1.82, 2.24) is 20.3 Å². The Balaban J connectivity index is 1.73. The molecule has 1 aromatic carbocycles. The summed E-state index contributed by atoms with van der Waals surface area (Å²) in [7, 11) is 0. The van der Waals surface area contributed by atoms with Crippen LogP contribution in [-0.2, 0) is 0 Å². The second-order valence-electron chi connectivity index (χ2n) is 4.89. The van der Waals surface area contributed by atoms with Crippen molar-refractivity contribution >= 4 is 40.2 Å². The minimum Gasteiger partial charge on any atom is -0.364 e. The fourth-order valence-electron chi connectivity index (χ4n) is 1.95. The molecule has 0 amide bonds. The third-order valence-electron chi connectivity index (χ3n) is 3.12. The number of nitrogens with zero attached hydrogens (tertiary/aromatic N) is 4. The van der Waals surface area contributed by atoms with E-state index in [9.17, 15) is 0 Å². The van der Waals surface area contributed by atoms with Gasteiger partial charge in [0.15, 0.2) is 11.6 Å². The Kier molecular flexibility index (Phi) is 2.85. The SMILES string of the molecule is Clc1cccc(Nc2nc3nonc3nc2NC2CC2)c1. The van der Waals surface area contributed by atoms with Crippen LogP contribution in [0, 0.1) is 0 Å². The van der Waals surface area contributed by atoms with Gasteiger partial charge < -0.3 is 10.6 Å². The summed E-state index contributed by atoms with van der Waals surface area (Å²) in [5, 5.41) is 14.6. The van der Waals surface area contributed by atoms with Gasteiger partial charge in [0.2, 0.25) is 11.3 Å². The third-order valence-corrected chi connectivity index (χ3v) is 3.35. The lowest BCUT2D eigenvalue weighted by molar-refractivity contribution is 0.314. The maximum atomic E-state index is 5.99. The van der Waals surface area contributed by atoms with Crippen LogP contribution in [-0.4, -0.2) is 26.3 Å². The summed E-state index contributed by atoms with van der Waals surface area (Å²) in [6.45, 7) is 0. The van der Waals surface area contributed by atoms with Gasteiger partial charge in [0.1, 0.15) is 0 Å². The molecule has 0 saturated heterocycles. The number of benzene rings is 1. The van der Waals surface area contributed by atoms with Crippen molar-refractivity contribution in [2.24, 2.45) is 0 Å². The summed E-state index contributed by atoms with van der Waals surface area (Å²) in [6.07, 6.45) is 2.26. The van der Waals surface area contributed by atoms with E-state index in [1.807, 2.05) is 24.3 Å². The van der Waals surface area contributed by atoms with Crippen LogP contribution in [0.1, 0.15) is 12.8 Å². The highest BCUT2D eigenvalue weighted by Crippen LogP contribution is 2.30. The standard InChI is InChI=1S/C13H11ClN6O/c14-7-2-1-3-9(6-7)16-11-10(15-8-4-5-8)17-12-13(18-11)20-21-19-12/h1-3,6,8H,4-5H2,(H,15,17,19)(H,16,18,20). The molecule has 106 valence electrons. The second kappa shape index (κ2) is 4.85. The maximum Gasteiger partial charge on any atom is 0.245 e. The summed E-state index contributed by atoms with van der Waals surface area (Å²) in [5.74, 6) is 1.22. The zero-order chi connectivity index (χ0) is 14.2. The molecule has 21 heavy (non-hydrogen) atoms. The van der Waals surface area contributed by atoms with Crippen LogP contribution >= 0.6 is 11.6 Å². The van der Waals surface area contributed by atoms with Gasteiger partial charge in [-0.1, -0.05) is 17.7 Å². The van der Waals surface area contributed by atoms with E-state index < -0.39 is 0 Å². The van der Waals surface area contributed by atoms with Gasteiger partial charge in [0, 0.05) is 16.8 Å². The number of halogens is 1. The van der Waals surface area contributed by atoms with Crippen molar-refractivity contribution in [3.63, 3.8) is 0 Å². The Bertz CT molecular complexity index is 800. The zero-order valence-corrected chi connectivity index (χ0v) is 11.6. The predicted molar refractivity (Wildman–Crippen MR) is 78.8 cm³/mol. The number of fused-ring (bicyclic) bond motifs is 1. The second-order valence-corrected chi connectivity index (χ2v) is 5.32. The Morgan fingerprint density at radius 1 is 1.10 bits per heavy atom. The lowest BCUT2D eigenvalue weighted by atomic mass is 10.3. The van der Waals surface area contributed by atoms with Gasteiger partial charge in [0.25, 0.3) is 0 Å². The van der Waals surface area contributed by atoms with Gasteiger partial charge in [-0.05, 0) is 41.4 Å². The summed E-state index contributed by atoms with van der Waals surface area (Å²) in [6, 6.07) is 7.83. The van der Waals surface area contributed by atoms with Crippen LogP contribution in [0.25, 0.3) is 11.3 Å². The summed E-state index contributed by atoms with van der Waals surface area (Å²) in [4.78, 5) is 8.79. The molecule has 2 heterocycles. The van der Waals surface area contributed by atoms with Gasteiger partial charge in [0.05, 0.1) is 0 Å². The summed E-state index contributed by atoms with van der Waals surface area (Å²) >= 11 is 5.99. The molecule has 0 atom stereocenters. The van der Waals surface area contributed by atoms with Gasteiger partial charge in [-0.25, -0.2) is 14.6 Å². The van der Waals surface area contributed by atoms with Crippen LogP contribution in [0.5, 0.6) is 0 Å². The molecule has 0 aliphatic heterocycles. The van der Waals surface area contributed by atoms with Crippen LogP contribution in [0.15, 0.2) is 28.9 Å². The van der Waals surface area contributed by atoms with E-state index >= 15 is 0 Å². The fourth-order valence-corrected chi connectivity index (χ4v) is 2.14. The zero-order valence-electron chi connectivity index (χ0n) is 10.9. The Morgan fingerprint density at radius 2 is 1.86 bits per heavy atom. The van der Waals surface area contributed by atoms with Crippen molar-refractivity contribution in [1.29, 1.82) is 0 Å². The number of hydrogen-bond acceptors (Lipinski definition) is 7. The molecule has 4 rings (SSSR count). The van der Waals surface area contributed by atoms with Crippen LogP contribution in [0.2, 0.25) is 5.02 Å². The topological polar surface area (TPSA) is 88.8 Å². The lowest BCUT2D eigenvalue weighted by Crippen LogP contribution is -2.08. The first kappa shape index (κ1) is 12.3. The Morgan fingerprint density at radius 3 is 2.57 bits per heavy atom. The van der Waals surface area contributed by atoms with Crippen molar-refractivity contribution in [2.45, 2.75) is 18.9 Å². The van der Waals surface area contributed by atoms with E-state index in [1.165, 1.54) is 0 Å². The smallest absolute Gasteiger partial charge is 0.245 e. The van der Waals surface area contributed by atoms with E-state index in [-0.39, 0.29) is 0 Å². The highest BCUT2D eigenvalue weighted by Gasteiger charge is 2.24. The van der Waals surface area contributed by atoms with Crippen molar-refractivity contribution in [2.75, 3.05) is 10.6 Å². The maximum absolute atomic E-state index is 5.99. The summed E-state index contributed by atoms with van der Waals surface area (Å²) in [5.41, 5.74) is 1.57. The highest BCUT2D eigenvalue weighted by molar-refractivity contribution is 6.30. The van der Waals surface area contributed by atoms with Crippen molar-refractivity contribution in [3.05, 3.63) is 29.3 Å². The first-order valence-corrected chi connectivity index (χ1v) is 6.95. The average molecular weight is 303 g/mol. The third kappa shape index (κ3) is 2.59. The lowest BCUT2D eigenvalue weighted by Gasteiger charge is -2.11. The largest absolute Gasteiger partial charge is 0.364 e. The first-order chi connectivity index (χ1) is 10.3. The van der Waals surface area contributed by atoms with E-state index in [1.54, 1.807) is 0 Å². The predicted octanol–water partition coefficient (Wildman–Crippen LogP) is 2.98. The monoisotopic (exact) mass is 302 g/mol. The molecule has 2 aromatic heterocycles. The van der Waals surface area contributed by atoms with Gasteiger partial charge >= 0.3 is 0 Å². The molecule has 2 N–H and O–H groups in total. The molecule has 0 unspecified atom stereocenters. The molecule has 1 aliphatic carbocycles. The Labute approximate surface area is 124 Å². The van der Waals surface area contributed by atoms with Crippen molar-refractivity contribution < 1.29 is 4.63 Å². The molecule has 7 nitrogen and oxygen atoms in total. The quantitative estimate of drug-likeness (QED) is 0.765. The number of rotatable bonds is 4. The molecule has 1 saturated carbocycles. The highest BCUT2D eigenvalue weighted by atomic mass is 35.5. The van der Waals surface area contributed by atoms with E-state index in [4.69, 9.17) is 11.6 Å². The number of anilines is 3. The minimum absolute atomic E-state index is 0.362. The average Bonchev–Trinajstić information content (AvgIpc) is 3.16. The molecular weight excluding hydrogens is 292 g/mol. The molecular formula is C13H11ClN6O. The fraction of sp³-hybridized carbons (Fsp3) is 0.231. The normalized spacial score (nSPS) is 14.3. The van der Waals surface area contributed by atoms with Gasteiger partial charge in [-0.3, -0.25) is 0 Å². The number of aromatic nitrogens is 4. The van der Waals surface area contributed by atoms with Crippen LogP contribution in [0.4, 0.5) is 17.3 Å². The first-order valence-electron chi connectivity index (χ1n) is 6.57. The molecule has 3 aromatic rings. The van der Waals surface area contributed by atoms with Crippen LogP contribution in [0.3, 0.4) is 0 Å². The minimum atomic E-state index is 0.362. The van der Waals surface area contributed by atoms with Gasteiger partial charge in [-0.15, -0.1) is 0 Å². The van der Waals surface area contributed by atoms with Crippen molar-refractivity contribution in [3.8, 4) is 0 Å². The van der Waals surface area contributed by atoms with Crippen LogP contribution < -0.4 is 10.6 Å². The Hall–Kier alpha value is -2.41.